The van der Waals surface area contributed by atoms with Gasteiger partial charge in [0, 0.05) is 5.56 Å². The number of aliphatic imine (C=N–C) groups is 1. The van der Waals surface area contributed by atoms with Gasteiger partial charge in [-0.1, -0.05) is 78.9 Å². The first-order valence-corrected chi connectivity index (χ1v) is 8.86. The van der Waals surface area contributed by atoms with Crippen molar-refractivity contribution in [2.75, 3.05) is 0 Å². The zero-order valence-corrected chi connectivity index (χ0v) is 14.7. The molecule has 1 heterocycles. The maximum atomic E-state index is 12.8. The Bertz CT molecular complexity index is 924. The average molecular weight is 357 g/mol. The molecule has 1 aliphatic heterocycles. The van der Waals surface area contributed by atoms with Gasteiger partial charge in [-0.2, -0.15) is 0 Å². The van der Waals surface area contributed by atoms with Gasteiger partial charge >= 0.3 is 5.97 Å². The highest BCUT2D eigenvalue weighted by atomic mass is 16.5. The number of ether oxygens (including phenoxy) is 2. The highest BCUT2D eigenvalue weighted by Gasteiger charge is 2.39. The standard InChI is InChI=1S/C23H19NO3/c25-23(26-16-17-10-4-1-5-11-17)20-21(18-12-6-2-7-13-18)27-22(24-20)19-14-8-3-9-15-19/h1-15,20-21H,16H2. The first-order valence-electron chi connectivity index (χ1n) is 8.86. The molecule has 0 radical (unpaired) electrons. The molecule has 1 aliphatic rings. The predicted octanol–water partition coefficient (Wildman–Crippen LogP) is 4.32. The van der Waals surface area contributed by atoms with Crippen molar-refractivity contribution in [1.82, 2.24) is 0 Å². The van der Waals surface area contributed by atoms with Crippen LogP contribution in [0.2, 0.25) is 0 Å². The maximum absolute atomic E-state index is 12.8. The van der Waals surface area contributed by atoms with Gasteiger partial charge < -0.3 is 9.47 Å². The van der Waals surface area contributed by atoms with Gasteiger partial charge in [0.1, 0.15) is 6.61 Å². The lowest BCUT2D eigenvalue weighted by Gasteiger charge is -2.17. The van der Waals surface area contributed by atoms with Gasteiger partial charge in [0.2, 0.25) is 5.90 Å². The quantitative estimate of drug-likeness (QED) is 0.639. The van der Waals surface area contributed by atoms with Crippen LogP contribution >= 0.6 is 0 Å². The summed E-state index contributed by atoms with van der Waals surface area (Å²) >= 11 is 0. The second-order valence-corrected chi connectivity index (χ2v) is 6.29. The number of hydrogen-bond donors (Lipinski definition) is 0. The van der Waals surface area contributed by atoms with Crippen molar-refractivity contribution in [1.29, 1.82) is 0 Å². The molecule has 0 aromatic heterocycles. The van der Waals surface area contributed by atoms with Crippen LogP contribution in [0.4, 0.5) is 0 Å². The number of hydrogen-bond acceptors (Lipinski definition) is 4. The molecule has 3 aromatic carbocycles. The fourth-order valence-electron chi connectivity index (χ4n) is 3.02. The van der Waals surface area contributed by atoms with Gasteiger partial charge in [-0.25, -0.2) is 9.79 Å². The number of nitrogens with zero attached hydrogens (tertiary/aromatic N) is 1. The molecule has 4 rings (SSSR count). The molecule has 0 bridgehead atoms. The Kier molecular flexibility index (Phi) is 4.97. The van der Waals surface area contributed by atoms with E-state index < -0.39 is 18.1 Å². The van der Waals surface area contributed by atoms with E-state index in [2.05, 4.69) is 4.99 Å². The first-order chi connectivity index (χ1) is 13.3. The first kappa shape index (κ1) is 17.0. The molecule has 134 valence electrons. The number of rotatable bonds is 5. The average Bonchev–Trinajstić information content (AvgIpc) is 3.20. The second-order valence-electron chi connectivity index (χ2n) is 6.29. The van der Waals surface area contributed by atoms with Crippen molar-refractivity contribution in [3.8, 4) is 0 Å². The molecule has 2 unspecified atom stereocenters. The van der Waals surface area contributed by atoms with Crippen molar-refractivity contribution in [3.05, 3.63) is 108 Å². The SMILES string of the molecule is O=C(OCc1ccccc1)C1N=C(c2ccccc2)OC1c1ccccc1. The highest BCUT2D eigenvalue weighted by Crippen LogP contribution is 2.32. The third-order valence-electron chi connectivity index (χ3n) is 4.40. The lowest BCUT2D eigenvalue weighted by molar-refractivity contribution is -0.148. The lowest BCUT2D eigenvalue weighted by atomic mass is 10.0. The minimum Gasteiger partial charge on any atom is -0.466 e. The van der Waals surface area contributed by atoms with E-state index in [4.69, 9.17) is 9.47 Å². The van der Waals surface area contributed by atoms with Crippen molar-refractivity contribution in [2.24, 2.45) is 4.99 Å². The Balaban J connectivity index is 1.57. The number of esters is 1. The largest absolute Gasteiger partial charge is 0.466 e. The summed E-state index contributed by atoms with van der Waals surface area (Å²) in [4.78, 5) is 17.3. The van der Waals surface area contributed by atoms with Gasteiger partial charge in [0.25, 0.3) is 0 Å². The molecule has 0 amide bonds. The predicted molar refractivity (Wildman–Crippen MR) is 103 cm³/mol. The molecular formula is C23H19NO3. The summed E-state index contributed by atoms with van der Waals surface area (Å²) < 4.78 is 11.6. The van der Waals surface area contributed by atoms with E-state index >= 15 is 0 Å². The Hall–Kier alpha value is -3.40. The van der Waals surface area contributed by atoms with Crippen LogP contribution < -0.4 is 0 Å². The van der Waals surface area contributed by atoms with Crippen LogP contribution in [-0.4, -0.2) is 17.9 Å². The van der Waals surface area contributed by atoms with Gasteiger partial charge in [-0.15, -0.1) is 0 Å². The van der Waals surface area contributed by atoms with E-state index in [0.717, 1.165) is 16.7 Å². The number of carbonyl (C=O) groups excluding carboxylic acids is 1. The summed E-state index contributed by atoms with van der Waals surface area (Å²) in [6.07, 6.45) is -0.496. The fourth-order valence-corrected chi connectivity index (χ4v) is 3.02. The van der Waals surface area contributed by atoms with E-state index in [1.165, 1.54) is 0 Å². The van der Waals surface area contributed by atoms with E-state index in [1.54, 1.807) is 0 Å². The third kappa shape index (κ3) is 3.90. The van der Waals surface area contributed by atoms with Gasteiger partial charge in [-0.05, 0) is 23.3 Å². The molecule has 0 aliphatic carbocycles. The molecule has 3 aromatic rings. The molecule has 0 saturated carbocycles. The van der Waals surface area contributed by atoms with Crippen LogP contribution in [0, 0.1) is 0 Å². The zero-order valence-electron chi connectivity index (χ0n) is 14.7. The Morgan fingerprint density at radius 2 is 1.44 bits per heavy atom. The minimum absolute atomic E-state index is 0.216. The summed E-state index contributed by atoms with van der Waals surface area (Å²) in [6.45, 7) is 0.216. The molecule has 0 spiro atoms. The van der Waals surface area contributed by atoms with Crippen molar-refractivity contribution in [3.63, 3.8) is 0 Å². The number of carbonyl (C=O) groups is 1. The zero-order chi connectivity index (χ0) is 18.5. The molecule has 4 heteroatoms. The van der Waals surface area contributed by atoms with Gasteiger partial charge in [0.05, 0.1) is 0 Å². The van der Waals surface area contributed by atoms with Crippen molar-refractivity contribution < 1.29 is 14.3 Å². The Morgan fingerprint density at radius 1 is 0.852 bits per heavy atom. The number of benzene rings is 3. The topological polar surface area (TPSA) is 47.9 Å². The van der Waals surface area contributed by atoms with Gasteiger partial charge in [0.15, 0.2) is 12.1 Å². The smallest absolute Gasteiger partial charge is 0.335 e. The summed E-state index contributed by atoms with van der Waals surface area (Å²) in [6, 6.07) is 28.1. The normalized spacial score (nSPS) is 18.4. The molecule has 2 atom stereocenters. The Morgan fingerprint density at radius 3 is 2.11 bits per heavy atom. The molecule has 0 fully saturated rings. The molecular weight excluding hydrogens is 338 g/mol. The van der Waals surface area contributed by atoms with E-state index in [-0.39, 0.29) is 6.61 Å². The maximum Gasteiger partial charge on any atom is 0.335 e. The van der Waals surface area contributed by atoms with Gasteiger partial charge in [-0.3, -0.25) is 0 Å². The van der Waals surface area contributed by atoms with Crippen LogP contribution in [0.15, 0.2) is 96.0 Å². The van der Waals surface area contributed by atoms with Crippen molar-refractivity contribution >= 4 is 11.9 Å². The fraction of sp³-hybridized carbons (Fsp3) is 0.130. The van der Waals surface area contributed by atoms with Crippen LogP contribution in [0.25, 0.3) is 0 Å². The van der Waals surface area contributed by atoms with E-state index in [1.807, 2.05) is 91.0 Å². The molecule has 4 nitrogen and oxygen atoms in total. The Labute approximate surface area is 158 Å². The summed E-state index contributed by atoms with van der Waals surface area (Å²) in [5.41, 5.74) is 2.68. The minimum atomic E-state index is -0.730. The van der Waals surface area contributed by atoms with Crippen LogP contribution in [0.5, 0.6) is 0 Å². The van der Waals surface area contributed by atoms with Crippen LogP contribution in [0.1, 0.15) is 22.8 Å². The monoisotopic (exact) mass is 357 g/mol. The lowest BCUT2D eigenvalue weighted by Crippen LogP contribution is -2.26. The highest BCUT2D eigenvalue weighted by molar-refractivity contribution is 5.98. The third-order valence-corrected chi connectivity index (χ3v) is 4.40. The van der Waals surface area contributed by atoms with E-state index in [0.29, 0.717) is 5.90 Å². The van der Waals surface area contributed by atoms with Crippen molar-refractivity contribution in [2.45, 2.75) is 18.8 Å². The van der Waals surface area contributed by atoms with Crippen LogP contribution in [0.3, 0.4) is 0 Å². The molecule has 0 N–H and O–H groups in total. The molecule has 0 saturated heterocycles. The summed E-state index contributed by atoms with van der Waals surface area (Å²) in [5, 5.41) is 0. The second kappa shape index (κ2) is 7.87. The molecule has 27 heavy (non-hydrogen) atoms. The van der Waals surface area contributed by atoms with Crippen LogP contribution in [-0.2, 0) is 20.9 Å². The van der Waals surface area contributed by atoms with E-state index in [9.17, 15) is 4.79 Å². The summed E-state index contributed by atoms with van der Waals surface area (Å²) in [5.74, 6) is 0.0738. The summed E-state index contributed by atoms with van der Waals surface area (Å²) in [7, 11) is 0.